The highest BCUT2D eigenvalue weighted by Gasteiger charge is 2.41. The fourth-order valence-electron chi connectivity index (χ4n) is 4.46. The molecule has 0 aliphatic carbocycles. The molecule has 0 spiro atoms. The highest BCUT2D eigenvalue weighted by atomic mass is 35.5. The number of methoxy groups -OCH3 is 1. The van der Waals surface area contributed by atoms with Crippen LogP contribution in [0.25, 0.3) is 0 Å². The Bertz CT molecular complexity index is 1580. The standard InChI is InChI=1S/C28H32ClF2N3O6S2/c1-17-13-19(38-6)8-7-18(17)15-34(25-32-10-12-41-25)42(36,37)24-20(30)14-21(22(29)23(24)31)39-28(5)9-11-33(16-28)26(35)40-27(2,3)4/h7-8,10,12-14H,9,11,15-16H2,1-6H3. The molecule has 1 unspecified atom stereocenters. The summed E-state index contributed by atoms with van der Waals surface area (Å²) in [5.74, 6) is -2.69. The van der Waals surface area contributed by atoms with E-state index in [2.05, 4.69) is 4.98 Å². The van der Waals surface area contributed by atoms with Gasteiger partial charge in [0.2, 0.25) is 0 Å². The minimum Gasteiger partial charge on any atom is -0.497 e. The number of halogens is 3. The van der Waals surface area contributed by atoms with Crippen molar-refractivity contribution in [3.8, 4) is 11.5 Å². The van der Waals surface area contributed by atoms with Crippen molar-refractivity contribution in [2.24, 2.45) is 0 Å². The highest BCUT2D eigenvalue weighted by molar-refractivity contribution is 7.93. The maximum atomic E-state index is 15.8. The molecule has 1 fully saturated rings. The molecular weight excluding hydrogens is 612 g/mol. The molecule has 1 atom stereocenters. The van der Waals surface area contributed by atoms with E-state index in [-0.39, 0.29) is 30.5 Å². The Labute approximate surface area is 253 Å². The molecule has 2 heterocycles. The van der Waals surface area contributed by atoms with Crippen molar-refractivity contribution in [2.45, 2.75) is 63.7 Å². The van der Waals surface area contributed by atoms with Gasteiger partial charge in [-0.3, -0.25) is 0 Å². The third-order valence-corrected chi connectivity index (χ3v) is 9.61. The molecule has 1 saturated heterocycles. The molecule has 0 N–H and O–H groups in total. The van der Waals surface area contributed by atoms with Crippen molar-refractivity contribution >= 4 is 44.2 Å². The Morgan fingerprint density at radius 2 is 1.98 bits per heavy atom. The van der Waals surface area contributed by atoms with Gasteiger partial charge >= 0.3 is 6.09 Å². The molecule has 228 valence electrons. The third-order valence-electron chi connectivity index (χ3n) is 6.57. The quantitative estimate of drug-likeness (QED) is 0.256. The topological polar surface area (TPSA) is 98.3 Å². The van der Waals surface area contributed by atoms with Gasteiger partial charge in [0.1, 0.15) is 27.7 Å². The number of nitrogens with zero attached hydrogens (tertiary/aromatic N) is 3. The maximum absolute atomic E-state index is 15.8. The number of rotatable bonds is 8. The van der Waals surface area contributed by atoms with Crippen LogP contribution >= 0.6 is 22.9 Å². The van der Waals surface area contributed by atoms with E-state index in [1.165, 1.54) is 18.2 Å². The third kappa shape index (κ3) is 6.73. The summed E-state index contributed by atoms with van der Waals surface area (Å²) in [6.45, 7) is 8.76. The van der Waals surface area contributed by atoms with Gasteiger partial charge in [0.15, 0.2) is 21.7 Å². The fourth-order valence-corrected chi connectivity index (χ4v) is 7.09. The number of aromatic nitrogens is 1. The van der Waals surface area contributed by atoms with Gasteiger partial charge in [-0.05, 0) is 57.9 Å². The summed E-state index contributed by atoms with van der Waals surface area (Å²) in [7, 11) is -3.34. The Morgan fingerprint density at radius 3 is 2.57 bits per heavy atom. The number of hydrogen-bond acceptors (Lipinski definition) is 8. The summed E-state index contributed by atoms with van der Waals surface area (Å²) in [5.41, 5.74) is -0.477. The van der Waals surface area contributed by atoms with Gasteiger partial charge in [0.25, 0.3) is 10.0 Å². The number of ether oxygens (including phenoxy) is 3. The van der Waals surface area contributed by atoms with Crippen molar-refractivity contribution in [2.75, 3.05) is 24.5 Å². The molecule has 0 saturated carbocycles. The predicted molar refractivity (Wildman–Crippen MR) is 156 cm³/mol. The fraction of sp³-hybridized carbons (Fsp3) is 0.429. The molecule has 0 bridgehead atoms. The van der Waals surface area contributed by atoms with Crippen molar-refractivity contribution in [1.29, 1.82) is 0 Å². The zero-order chi connectivity index (χ0) is 31.0. The second kappa shape index (κ2) is 11.8. The van der Waals surface area contributed by atoms with E-state index in [0.29, 0.717) is 23.3 Å². The summed E-state index contributed by atoms with van der Waals surface area (Å²) in [5, 5.41) is 0.867. The molecule has 4 rings (SSSR count). The predicted octanol–water partition coefficient (Wildman–Crippen LogP) is 6.57. The molecule has 0 radical (unpaired) electrons. The first-order chi connectivity index (χ1) is 19.5. The van der Waals surface area contributed by atoms with Gasteiger partial charge in [-0.25, -0.2) is 31.3 Å². The number of sulfonamides is 1. The Morgan fingerprint density at radius 1 is 1.26 bits per heavy atom. The van der Waals surface area contributed by atoms with Gasteiger partial charge in [0, 0.05) is 30.6 Å². The average molecular weight is 644 g/mol. The van der Waals surface area contributed by atoms with E-state index < -0.39 is 48.9 Å². The van der Waals surface area contributed by atoms with Crippen LogP contribution in [0, 0.1) is 18.6 Å². The molecule has 3 aromatic rings. The second-order valence-corrected chi connectivity index (χ2v) is 14.2. The monoisotopic (exact) mass is 643 g/mol. The SMILES string of the molecule is COc1ccc(CN(c2nccs2)S(=O)(=O)c2c(F)cc(OC3(C)CCN(C(=O)OC(C)(C)C)C3)c(Cl)c2F)c(C)c1. The number of carbonyl (C=O) groups is 1. The second-order valence-electron chi connectivity index (χ2n) is 11.1. The van der Waals surface area contributed by atoms with E-state index >= 15 is 8.78 Å². The summed E-state index contributed by atoms with van der Waals surface area (Å²) in [6, 6.07) is 5.80. The Hall–Kier alpha value is -3.16. The van der Waals surface area contributed by atoms with Crippen LogP contribution in [0.2, 0.25) is 5.02 Å². The van der Waals surface area contributed by atoms with Gasteiger partial charge < -0.3 is 19.1 Å². The summed E-state index contributed by atoms with van der Waals surface area (Å²) < 4.78 is 76.4. The molecule has 1 amide bonds. The van der Waals surface area contributed by atoms with Gasteiger partial charge in [-0.15, -0.1) is 11.3 Å². The van der Waals surface area contributed by atoms with Crippen LogP contribution in [0.5, 0.6) is 11.5 Å². The summed E-state index contributed by atoms with van der Waals surface area (Å²) >= 11 is 7.27. The first-order valence-corrected chi connectivity index (χ1v) is 15.6. The molecule has 1 aromatic heterocycles. The zero-order valence-electron chi connectivity index (χ0n) is 24.0. The van der Waals surface area contributed by atoms with Crippen molar-refractivity contribution < 1.29 is 36.2 Å². The highest BCUT2D eigenvalue weighted by Crippen LogP contribution is 2.40. The maximum Gasteiger partial charge on any atom is 0.410 e. The normalized spacial score (nSPS) is 17.3. The van der Waals surface area contributed by atoms with Crippen LogP contribution in [0.1, 0.15) is 45.2 Å². The number of thiazole rings is 1. The smallest absolute Gasteiger partial charge is 0.410 e. The Kier molecular flexibility index (Phi) is 8.96. The van der Waals surface area contributed by atoms with E-state index in [1.807, 2.05) is 0 Å². The zero-order valence-corrected chi connectivity index (χ0v) is 26.4. The van der Waals surface area contributed by atoms with Crippen molar-refractivity contribution in [3.05, 3.63) is 63.6 Å². The molecule has 1 aliphatic rings. The number of benzene rings is 2. The largest absolute Gasteiger partial charge is 0.497 e. The van der Waals surface area contributed by atoms with Crippen LogP contribution in [0.15, 0.2) is 40.7 Å². The van der Waals surface area contributed by atoms with Gasteiger partial charge in [-0.2, -0.15) is 0 Å². The number of anilines is 1. The minimum absolute atomic E-state index is 0.0150. The molecule has 2 aromatic carbocycles. The Balaban J connectivity index is 1.65. The van der Waals surface area contributed by atoms with Crippen molar-refractivity contribution in [3.63, 3.8) is 0 Å². The average Bonchev–Trinajstić information content (AvgIpc) is 3.55. The minimum atomic E-state index is -4.84. The molecular formula is C28H32ClF2N3O6S2. The van der Waals surface area contributed by atoms with E-state index in [1.54, 1.807) is 58.2 Å². The first-order valence-electron chi connectivity index (χ1n) is 12.9. The lowest BCUT2D eigenvalue weighted by atomic mass is 10.1. The lowest BCUT2D eigenvalue weighted by Gasteiger charge is -2.29. The van der Waals surface area contributed by atoms with Crippen LogP contribution in [-0.4, -0.2) is 55.8 Å². The van der Waals surface area contributed by atoms with Crippen LogP contribution < -0.4 is 13.8 Å². The lowest BCUT2D eigenvalue weighted by molar-refractivity contribution is 0.0228. The first kappa shape index (κ1) is 31.8. The number of hydrogen-bond donors (Lipinski definition) is 0. The molecule has 9 nitrogen and oxygen atoms in total. The molecule has 42 heavy (non-hydrogen) atoms. The van der Waals surface area contributed by atoms with Gasteiger partial charge in [-0.1, -0.05) is 17.7 Å². The number of likely N-dealkylation sites (tertiary alicyclic amines) is 1. The lowest BCUT2D eigenvalue weighted by Crippen LogP contribution is -2.40. The van der Waals surface area contributed by atoms with E-state index in [9.17, 15) is 13.2 Å². The van der Waals surface area contributed by atoms with E-state index in [0.717, 1.165) is 21.7 Å². The molecule has 14 heteroatoms. The number of aryl methyl sites for hydroxylation is 1. The van der Waals surface area contributed by atoms with Crippen molar-refractivity contribution in [1.82, 2.24) is 9.88 Å². The number of amides is 1. The van der Waals surface area contributed by atoms with Crippen LogP contribution in [0.3, 0.4) is 0 Å². The van der Waals surface area contributed by atoms with E-state index in [4.69, 9.17) is 25.8 Å². The number of carbonyl (C=O) groups excluding carboxylic acids is 1. The summed E-state index contributed by atoms with van der Waals surface area (Å²) in [4.78, 5) is 16.8. The summed E-state index contributed by atoms with van der Waals surface area (Å²) in [6.07, 6.45) is 1.17. The van der Waals surface area contributed by atoms with Crippen LogP contribution in [0.4, 0.5) is 18.7 Å². The van der Waals surface area contributed by atoms with Gasteiger partial charge in [0.05, 0.1) is 20.2 Å². The molecule has 1 aliphatic heterocycles. The van der Waals surface area contributed by atoms with Crippen LogP contribution in [-0.2, 0) is 21.3 Å².